The van der Waals surface area contributed by atoms with E-state index in [1.165, 1.54) is 0 Å². The van der Waals surface area contributed by atoms with Crippen molar-refractivity contribution in [3.05, 3.63) is 0 Å². The van der Waals surface area contributed by atoms with Crippen LogP contribution in [-0.4, -0.2) is 36.2 Å². The summed E-state index contributed by atoms with van der Waals surface area (Å²) < 4.78 is 0. The molecule has 0 aliphatic rings. The molecule has 0 aromatic rings. The first-order chi connectivity index (χ1) is 6.20. The Kier molecular flexibility index (Phi) is 7.66. The Morgan fingerprint density at radius 3 is 2.54 bits per heavy atom. The fraction of sp³-hybridized carbons (Fsp3) is 0.900. The molecular weight excluding hydrogens is 164 g/mol. The summed E-state index contributed by atoms with van der Waals surface area (Å²) in [5.41, 5.74) is 0. The maximum absolute atomic E-state index is 8.68. The molecule has 0 unspecified atom stereocenters. The van der Waals surface area contributed by atoms with Gasteiger partial charge in [-0.15, -0.1) is 0 Å². The monoisotopic (exact) mass is 184 g/mol. The number of nitriles is 1. The molecule has 0 atom stereocenters. The predicted molar refractivity (Wildman–Crippen MR) is 53.2 cm³/mol. The largest absolute Gasteiger partial charge is 0.396 e. The number of nitrogens with zero attached hydrogens (tertiary/aromatic N) is 2. The molecule has 1 N–H and O–H groups in total. The third-order valence-corrected chi connectivity index (χ3v) is 1.80. The summed E-state index contributed by atoms with van der Waals surface area (Å²) in [6.07, 6.45) is 1.39. The van der Waals surface area contributed by atoms with E-state index in [9.17, 15) is 0 Å². The zero-order chi connectivity index (χ0) is 10.1. The minimum atomic E-state index is 0.237. The fourth-order valence-corrected chi connectivity index (χ4v) is 1.31. The molecule has 0 aliphatic heterocycles. The molecule has 0 spiro atoms. The first-order valence-electron chi connectivity index (χ1n) is 4.91. The molecule has 0 aromatic heterocycles. The maximum atomic E-state index is 8.68. The summed E-state index contributed by atoms with van der Waals surface area (Å²) >= 11 is 0. The van der Waals surface area contributed by atoms with Crippen LogP contribution in [0.3, 0.4) is 0 Å². The van der Waals surface area contributed by atoms with Gasteiger partial charge in [-0.2, -0.15) is 5.26 Å². The summed E-state index contributed by atoms with van der Waals surface area (Å²) in [7, 11) is 0. The van der Waals surface area contributed by atoms with E-state index in [-0.39, 0.29) is 6.61 Å². The third kappa shape index (κ3) is 7.76. The highest BCUT2D eigenvalue weighted by atomic mass is 16.3. The van der Waals surface area contributed by atoms with Crippen molar-refractivity contribution >= 4 is 0 Å². The van der Waals surface area contributed by atoms with Gasteiger partial charge in [0.05, 0.1) is 6.07 Å². The maximum Gasteiger partial charge on any atom is 0.0635 e. The lowest BCUT2D eigenvalue weighted by Gasteiger charge is -2.22. The molecule has 0 saturated heterocycles. The van der Waals surface area contributed by atoms with Crippen LogP contribution in [0, 0.1) is 17.2 Å². The van der Waals surface area contributed by atoms with Gasteiger partial charge in [0, 0.05) is 32.7 Å². The van der Waals surface area contributed by atoms with E-state index in [1.807, 2.05) is 0 Å². The van der Waals surface area contributed by atoms with Gasteiger partial charge in [-0.3, -0.25) is 0 Å². The van der Waals surface area contributed by atoms with Crippen LogP contribution in [0.2, 0.25) is 0 Å². The molecule has 0 rings (SSSR count). The van der Waals surface area contributed by atoms with E-state index < -0.39 is 0 Å². The summed E-state index contributed by atoms with van der Waals surface area (Å²) in [4.78, 5) is 2.24. The van der Waals surface area contributed by atoms with Crippen molar-refractivity contribution in [2.75, 3.05) is 26.2 Å². The first-order valence-corrected chi connectivity index (χ1v) is 4.91. The fourth-order valence-electron chi connectivity index (χ4n) is 1.31. The normalized spacial score (nSPS) is 10.8. The Bertz CT molecular complexity index is 151. The predicted octanol–water partition coefficient (Wildman–Crippen LogP) is 1.24. The van der Waals surface area contributed by atoms with Crippen molar-refractivity contribution in [1.82, 2.24) is 4.90 Å². The minimum absolute atomic E-state index is 0.237. The van der Waals surface area contributed by atoms with Gasteiger partial charge in [0.25, 0.3) is 0 Å². The molecule has 3 heteroatoms. The molecule has 0 amide bonds. The van der Waals surface area contributed by atoms with Crippen LogP contribution < -0.4 is 0 Å². The highest BCUT2D eigenvalue weighted by molar-refractivity contribution is 4.72. The van der Waals surface area contributed by atoms with E-state index in [0.717, 1.165) is 26.1 Å². The van der Waals surface area contributed by atoms with E-state index in [0.29, 0.717) is 12.3 Å². The molecule has 0 bridgehead atoms. The van der Waals surface area contributed by atoms with Crippen molar-refractivity contribution in [3.63, 3.8) is 0 Å². The second kappa shape index (κ2) is 8.03. The standard InChI is InChI=1S/C10H20N2O/c1-10(2)9-12(6-3-5-11)7-4-8-13/h10,13H,3-4,6-9H2,1-2H3. The van der Waals surface area contributed by atoms with Crippen LogP contribution in [0.25, 0.3) is 0 Å². The summed E-state index contributed by atoms with van der Waals surface area (Å²) in [5, 5.41) is 17.1. The molecule has 13 heavy (non-hydrogen) atoms. The van der Waals surface area contributed by atoms with Gasteiger partial charge < -0.3 is 10.0 Å². The van der Waals surface area contributed by atoms with Gasteiger partial charge in [0.15, 0.2) is 0 Å². The topological polar surface area (TPSA) is 47.3 Å². The minimum Gasteiger partial charge on any atom is -0.396 e. The van der Waals surface area contributed by atoms with Gasteiger partial charge in [-0.05, 0) is 12.3 Å². The average molecular weight is 184 g/mol. The van der Waals surface area contributed by atoms with E-state index in [4.69, 9.17) is 10.4 Å². The van der Waals surface area contributed by atoms with Crippen molar-refractivity contribution in [2.45, 2.75) is 26.7 Å². The lowest BCUT2D eigenvalue weighted by molar-refractivity contribution is 0.211. The number of aliphatic hydroxyl groups is 1. The van der Waals surface area contributed by atoms with Crippen LogP contribution >= 0.6 is 0 Å². The molecule has 76 valence electrons. The van der Waals surface area contributed by atoms with Crippen molar-refractivity contribution in [2.24, 2.45) is 5.92 Å². The Hall–Kier alpha value is -0.590. The third-order valence-electron chi connectivity index (χ3n) is 1.80. The van der Waals surface area contributed by atoms with Crippen LogP contribution in [0.4, 0.5) is 0 Å². The molecule has 0 fully saturated rings. The van der Waals surface area contributed by atoms with Gasteiger partial charge in [-0.25, -0.2) is 0 Å². The zero-order valence-corrected chi connectivity index (χ0v) is 8.66. The lowest BCUT2D eigenvalue weighted by atomic mass is 10.2. The molecule has 0 saturated carbocycles. The smallest absolute Gasteiger partial charge is 0.0635 e. The number of hydrogen-bond acceptors (Lipinski definition) is 3. The Morgan fingerprint density at radius 2 is 2.08 bits per heavy atom. The van der Waals surface area contributed by atoms with Crippen LogP contribution in [0.1, 0.15) is 26.7 Å². The first kappa shape index (κ1) is 12.4. The van der Waals surface area contributed by atoms with Crippen molar-refractivity contribution in [1.29, 1.82) is 5.26 Å². The van der Waals surface area contributed by atoms with Crippen LogP contribution in [-0.2, 0) is 0 Å². The van der Waals surface area contributed by atoms with Crippen molar-refractivity contribution in [3.8, 4) is 6.07 Å². The van der Waals surface area contributed by atoms with E-state index >= 15 is 0 Å². The SMILES string of the molecule is CC(C)CN(CCC#N)CCCO. The molecule has 3 nitrogen and oxygen atoms in total. The highest BCUT2D eigenvalue weighted by Crippen LogP contribution is 2.00. The Morgan fingerprint density at radius 1 is 1.38 bits per heavy atom. The average Bonchev–Trinajstić information content (AvgIpc) is 2.09. The number of hydrogen-bond donors (Lipinski definition) is 1. The molecule has 0 heterocycles. The Balaban J connectivity index is 3.67. The second-order valence-electron chi connectivity index (χ2n) is 3.68. The lowest BCUT2D eigenvalue weighted by Crippen LogP contribution is -2.30. The molecular formula is C10H20N2O. The second-order valence-corrected chi connectivity index (χ2v) is 3.68. The molecule has 0 aromatic carbocycles. The van der Waals surface area contributed by atoms with E-state index in [1.54, 1.807) is 0 Å². The quantitative estimate of drug-likeness (QED) is 0.647. The summed E-state index contributed by atoms with van der Waals surface area (Å²) in [6.45, 7) is 7.31. The van der Waals surface area contributed by atoms with Gasteiger partial charge in [0.2, 0.25) is 0 Å². The highest BCUT2D eigenvalue weighted by Gasteiger charge is 2.05. The van der Waals surface area contributed by atoms with Crippen LogP contribution in [0.15, 0.2) is 0 Å². The molecule has 0 radical (unpaired) electrons. The van der Waals surface area contributed by atoms with Crippen LogP contribution in [0.5, 0.6) is 0 Å². The van der Waals surface area contributed by atoms with E-state index in [2.05, 4.69) is 24.8 Å². The summed E-state index contributed by atoms with van der Waals surface area (Å²) in [6, 6.07) is 2.14. The zero-order valence-electron chi connectivity index (χ0n) is 8.66. The molecule has 0 aliphatic carbocycles. The van der Waals surface area contributed by atoms with Crippen molar-refractivity contribution < 1.29 is 5.11 Å². The van der Waals surface area contributed by atoms with Gasteiger partial charge in [-0.1, -0.05) is 13.8 Å². The Labute approximate surface area is 81.0 Å². The summed E-state index contributed by atoms with van der Waals surface area (Å²) in [5.74, 6) is 0.623. The van der Waals surface area contributed by atoms with Gasteiger partial charge >= 0.3 is 0 Å². The number of aliphatic hydroxyl groups excluding tert-OH is 1. The number of rotatable bonds is 7. The van der Waals surface area contributed by atoms with Gasteiger partial charge in [0.1, 0.15) is 0 Å².